The maximum atomic E-state index is 6.05. The average molecular weight is 334 g/mol. The molecule has 0 spiro atoms. The van der Waals surface area contributed by atoms with Crippen molar-refractivity contribution in [2.75, 3.05) is 13.2 Å². The van der Waals surface area contributed by atoms with Crippen molar-refractivity contribution in [2.24, 2.45) is 0 Å². The highest BCUT2D eigenvalue weighted by atomic mass is 32.1. The molecule has 2 aliphatic heterocycles. The molecular weight excluding hydrogens is 308 g/mol. The molecule has 23 heavy (non-hydrogen) atoms. The van der Waals surface area contributed by atoms with E-state index >= 15 is 0 Å². The summed E-state index contributed by atoms with van der Waals surface area (Å²) in [5.74, 6) is 0.763. The van der Waals surface area contributed by atoms with E-state index in [4.69, 9.17) is 14.2 Å². The van der Waals surface area contributed by atoms with Gasteiger partial charge in [0.05, 0.1) is 19.8 Å². The highest BCUT2D eigenvalue weighted by Gasteiger charge is 2.52. The molecule has 3 fully saturated rings. The predicted octanol–water partition coefficient (Wildman–Crippen LogP) is 4.06. The van der Waals surface area contributed by atoms with Crippen LogP contribution in [0.15, 0.2) is 24.3 Å². The second kappa shape index (κ2) is 6.75. The number of hydrogen-bond acceptors (Lipinski definition) is 4. The van der Waals surface area contributed by atoms with Crippen LogP contribution in [0.1, 0.15) is 55.6 Å². The molecule has 2 heterocycles. The van der Waals surface area contributed by atoms with Crippen molar-refractivity contribution < 1.29 is 14.2 Å². The third-order valence-corrected chi connectivity index (χ3v) is 6.17. The Kier molecular flexibility index (Phi) is 4.68. The van der Waals surface area contributed by atoms with E-state index in [9.17, 15) is 0 Å². The van der Waals surface area contributed by atoms with E-state index < -0.39 is 4.93 Å². The number of hydrogen-bond donors (Lipinski definition) is 1. The van der Waals surface area contributed by atoms with Crippen LogP contribution in [0.3, 0.4) is 0 Å². The molecular formula is C19H26O3S. The first-order chi connectivity index (χ1) is 11.2. The molecule has 1 aromatic rings. The lowest BCUT2D eigenvalue weighted by Crippen LogP contribution is -2.35. The SMILES string of the molecule is S[C@@]12CCO[C@@H]1[C@H](OCc1ccc(C3CCCCC3)cc1)CO2. The molecule has 0 unspecified atom stereocenters. The lowest BCUT2D eigenvalue weighted by molar-refractivity contribution is -0.0394. The van der Waals surface area contributed by atoms with Crippen LogP contribution in [-0.4, -0.2) is 30.4 Å². The molecule has 4 heteroatoms. The quantitative estimate of drug-likeness (QED) is 0.841. The summed E-state index contributed by atoms with van der Waals surface area (Å²) >= 11 is 4.62. The van der Waals surface area contributed by atoms with Crippen LogP contribution in [0, 0.1) is 0 Å². The molecule has 1 saturated carbocycles. The largest absolute Gasteiger partial charge is 0.371 e. The monoisotopic (exact) mass is 334 g/mol. The lowest BCUT2D eigenvalue weighted by Gasteiger charge is -2.23. The molecule has 3 aliphatic rings. The Morgan fingerprint density at radius 1 is 1.13 bits per heavy atom. The maximum absolute atomic E-state index is 6.05. The minimum absolute atomic E-state index is 0.00646. The minimum atomic E-state index is -0.435. The van der Waals surface area contributed by atoms with Gasteiger partial charge in [0, 0.05) is 6.42 Å². The van der Waals surface area contributed by atoms with Gasteiger partial charge in [-0.05, 0) is 29.9 Å². The van der Waals surface area contributed by atoms with E-state index in [-0.39, 0.29) is 12.2 Å². The van der Waals surface area contributed by atoms with Crippen LogP contribution >= 0.6 is 12.6 Å². The van der Waals surface area contributed by atoms with Gasteiger partial charge in [-0.15, -0.1) is 12.6 Å². The maximum Gasteiger partial charge on any atom is 0.142 e. The summed E-state index contributed by atoms with van der Waals surface area (Å²) in [4.78, 5) is -0.435. The standard InChI is InChI=1S/C19H26O3S/c23-19-10-11-20-18(19)17(13-22-19)21-12-14-6-8-16(9-7-14)15-4-2-1-3-5-15/h6-9,15,17-18,23H,1-5,10-13H2/t17-,18-,19+/m1/s1. The van der Waals surface area contributed by atoms with Crippen LogP contribution in [0.25, 0.3) is 0 Å². The van der Waals surface area contributed by atoms with Crippen LogP contribution in [0.5, 0.6) is 0 Å². The molecule has 0 aromatic heterocycles. The first kappa shape index (κ1) is 15.9. The normalized spacial score (nSPS) is 34.7. The summed E-state index contributed by atoms with van der Waals surface area (Å²) in [7, 11) is 0. The number of fused-ring (bicyclic) bond motifs is 1. The van der Waals surface area contributed by atoms with E-state index in [1.165, 1.54) is 43.2 Å². The van der Waals surface area contributed by atoms with Crippen LogP contribution in [-0.2, 0) is 20.8 Å². The van der Waals surface area contributed by atoms with Crippen molar-refractivity contribution in [1.82, 2.24) is 0 Å². The molecule has 3 nitrogen and oxygen atoms in total. The van der Waals surface area contributed by atoms with E-state index in [0.29, 0.717) is 19.8 Å². The molecule has 1 aliphatic carbocycles. The first-order valence-corrected chi connectivity index (χ1v) is 9.38. The Hall–Kier alpha value is -0.550. The van der Waals surface area contributed by atoms with Crippen molar-refractivity contribution in [3.8, 4) is 0 Å². The summed E-state index contributed by atoms with van der Waals surface area (Å²) in [6.07, 6.45) is 7.66. The van der Waals surface area contributed by atoms with Gasteiger partial charge in [0.2, 0.25) is 0 Å². The van der Waals surface area contributed by atoms with Crippen molar-refractivity contribution in [2.45, 2.75) is 68.2 Å². The van der Waals surface area contributed by atoms with E-state index in [1.807, 2.05) is 0 Å². The van der Waals surface area contributed by atoms with Crippen LogP contribution in [0.4, 0.5) is 0 Å². The summed E-state index contributed by atoms with van der Waals surface area (Å²) < 4.78 is 17.6. The summed E-state index contributed by atoms with van der Waals surface area (Å²) in [5.41, 5.74) is 2.71. The van der Waals surface area contributed by atoms with Gasteiger partial charge in [0.25, 0.3) is 0 Å². The fourth-order valence-corrected chi connectivity index (χ4v) is 4.54. The number of ether oxygens (including phenoxy) is 3. The molecule has 4 rings (SSSR count). The van der Waals surface area contributed by atoms with Crippen molar-refractivity contribution in [3.05, 3.63) is 35.4 Å². The zero-order valence-electron chi connectivity index (χ0n) is 13.6. The molecule has 2 saturated heterocycles. The Balaban J connectivity index is 1.33. The molecule has 0 bridgehead atoms. The highest BCUT2D eigenvalue weighted by Crippen LogP contribution is 2.41. The van der Waals surface area contributed by atoms with Crippen LogP contribution < -0.4 is 0 Å². The van der Waals surface area contributed by atoms with Crippen molar-refractivity contribution >= 4 is 12.6 Å². The second-order valence-corrected chi connectivity index (χ2v) is 7.88. The lowest BCUT2D eigenvalue weighted by atomic mass is 9.84. The average Bonchev–Trinajstić information content (AvgIpc) is 3.11. The smallest absolute Gasteiger partial charge is 0.142 e. The molecule has 1 aromatic carbocycles. The van der Waals surface area contributed by atoms with Gasteiger partial charge in [-0.3, -0.25) is 0 Å². The minimum Gasteiger partial charge on any atom is -0.371 e. The first-order valence-electron chi connectivity index (χ1n) is 8.93. The fourth-order valence-electron chi connectivity index (χ4n) is 4.13. The third-order valence-electron chi connectivity index (χ3n) is 5.56. The third kappa shape index (κ3) is 3.32. The zero-order chi connectivity index (χ0) is 15.7. The van der Waals surface area contributed by atoms with Gasteiger partial charge < -0.3 is 14.2 Å². The second-order valence-electron chi connectivity index (χ2n) is 7.12. The number of thiol groups is 1. The van der Waals surface area contributed by atoms with E-state index in [0.717, 1.165) is 12.3 Å². The van der Waals surface area contributed by atoms with Gasteiger partial charge in [-0.1, -0.05) is 43.5 Å². The zero-order valence-corrected chi connectivity index (χ0v) is 14.5. The van der Waals surface area contributed by atoms with Crippen molar-refractivity contribution in [1.29, 1.82) is 0 Å². The Morgan fingerprint density at radius 2 is 1.91 bits per heavy atom. The summed E-state index contributed by atoms with van der Waals surface area (Å²) in [6, 6.07) is 9.00. The topological polar surface area (TPSA) is 27.7 Å². The van der Waals surface area contributed by atoms with Gasteiger partial charge in [0.1, 0.15) is 17.1 Å². The number of rotatable bonds is 4. The highest BCUT2D eigenvalue weighted by molar-refractivity contribution is 7.81. The molecule has 3 atom stereocenters. The Bertz CT molecular complexity index is 526. The Labute approximate surface area is 144 Å². The van der Waals surface area contributed by atoms with Gasteiger partial charge in [-0.25, -0.2) is 0 Å². The molecule has 126 valence electrons. The van der Waals surface area contributed by atoms with E-state index in [2.05, 4.69) is 36.9 Å². The predicted molar refractivity (Wildman–Crippen MR) is 92.9 cm³/mol. The molecule has 0 amide bonds. The fraction of sp³-hybridized carbons (Fsp3) is 0.684. The summed E-state index contributed by atoms with van der Waals surface area (Å²) in [5, 5.41) is 0. The molecule has 0 radical (unpaired) electrons. The van der Waals surface area contributed by atoms with E-state index in [1.54, 1.807) is 0 Å². The van der Waals surface area contributed by atoms with Gasteiger partial charge in [0.15, 0.2) is 0 Å². The van der Waals surface area contributed by atoms with Gasteiger partial charge in [-0.2, -0.15) is 0 Å². The number of benzene rings is 1. The van der Waals surface area contributed by atoms with Gasteiger partial charge >= 0.3 is 0 Å². The molecule has 0 N–H and O–H groups in total. The van der Waals surface area contributed by atoms with Crippen molar-refractivity contribution in [3.63, 3.8) is 0 Å². The Morgan fingerprint density at radius 3 is 2.70 bits per heavy atom. The summed E-state index contributed by atoms with van der Waals surface area (Å²) in [6.45, 7) is 1.90. The van der Waals surface area contributed by atoms with Crippen LogP contribution in [0.2, 0.25) is 0 Å².